The van der Waals surface area contributed by atoms with Crippen molar-refractivity contribution >= 4 is 27.4 Å². The summed E-state index contributed by atoms with van der Waals surface area (Å²) in [6, 6.07) is 19.0. The van der Waals surface area contributed by atoms with Gasteiger partial charge >= 0.3 is 5.97 Å². The summed E-state index contributed by atoms with van der Waals surface area (Å²) in [5.74, 6) is -0.122. The molecule has 5 heteroatoms. The van der Waals surface area contributed by atoms with E-state index in [-0.39, 0.29) is 12.0 Å². The molecule has 1 aromatic heterocycles. The number of rotatable bonds is 6. The predicted molar refractivity (Wildman–Crippen MR) is 113 cm³/mol. The molecule has 0 aliphatic carbocycles. The lowest BCUT2D eigenvalue weighted by Gasteiger charge is -2.37. The fraction of sp³-hybridized carbons (Fsp3) is 0.348. The highest BCUT2D eigenvalue weighted by atomic mass is 32.1. The molecule has 2 heterocycles. The lowest BCUT2D eigenvalue weighted by atomic mass is 9.94. The first kappa shape index (κ1) is 19.0. The highest BCUT2D eigenvalue weighted by molar-refractivity contribution is 7.19. The molecule has 1 N–H and O–H groups in total. The molecular formula is C23H25NO3S. The molecule has 4 rings (SSSR count). The van der Waals surface area contributed by atoms with E-state index in [9.17, 15) is 9.90 Å². The predicted octanol–water partition coefficient (Wildman–Crippen LogP) is 5.19. The van der Waals surface area contributed by atoms with Gasteiger partial charge in [0.25, 0.3) is 0 Å². The Bertz CT molecular complexity index is 917. The van der Waals surface area contributed by atoms with Gasteiger partial charge in [-0.05, 0) is 61.5 Å². The number of carbonyl (C=O) groups is 1. The highest BCUT2D eigenvalue weighted by Gasteiger charge is 2.32. The van der Waals surface area contributed by atoms with E-state index < -0.39 is 5.97 Å². The van der Waals surface area contributed by atoms with Crippen LogP contribution in [0.3, 0.4) is 0 Å². The fourth-order valence-corrected chi connectivity index (χ4v) is 5.28. The van der Waals surface area contributed by atoms with E-state index in [1.54, 1.807) is 11.3 Å². The molecule has 0 saturated carbocycles. The normalized spacial score (nSPS) is 18.8. The van der Waals surface area contributed by atoms with Crippen LogP contribution in [0.4, 0.5) is 0 Å². The Morgan fingerprint density at radius 3 is 2.75 bits per heavy atom. The van der Waals surface area contributed by atoms with Gasteiger partial charge in [-0.1, -0.05) is 30.3 Å². The smallest absolute Gasteiger partial charge is 0.307 e. The van der Waals surface area contributed by atoms with E-state index in [1.165, 1.54) is 20.5 Å². The summed E-state index contributed by atoms with van der Waals surface area (Å²) >= 11 is 1.80. The number of hydrogen-bond acceptors (Lipinski definition) is 4. The summed E-state index contributed by atoms with van der Waals surface area (Å²) in [7, 11) is 0. The number of fused-ring (bicyclic) bond motifs is 1. The molecule has 1 aliphatic rings. The average molecular weight is 396 g/mol. The van der Waals surface area contributed by atoms with Crippen LogP contribution in [0.5, 0.6) is 5.75 Å². The molecule has 0 bridgehead atoms. The first-order chi connectivity index (χ1) is 13.7. The molecule has 1 saturated heterocycles. The number of aliphatic carboxylic acids is 1. The van der Waals surface area contributed by atoms with Crippen LogP contribution in [0.1, 0.15) is 36.2 Å². The van der Waals surface area contributed by atoms with Crippen LogP contribution in [-0.4, -0.2) is 35.7 Å². The molecule has 0 radical (unpaired) electrons. The zero-order chi connectivity index (χ0) is 19.5. The molecule has 2 unspecified atom stereocenters. The average Bonchev–Trinajstić information content (AvgIpc) is 3.13. The number of piperidine rings is 1. The van der Waals surface area contributed by atoms with Crippen molar-refractivity contribution in [1.82, 2.24) is 4.90 Å². The minimum atomic E-state index is -0.688. The molecule has 3 aromatic rings. The Labute approximate surface area is 169 Å². The standard InChI is InChI=1S/C23H25NO3S/c1-2-27-19-11-9-16(10-12-19)22(24-13-5-7-18(15-24)23(25)26)21-14-17-6-3-4-8-20(17)28-21/h3-4,6,8-12,14,18,22H,2,5,7,13,15H2,1H3,(H,25,26). The summed E-state index contributed by atoms with van der Waals surface area (Å²) in [5.41, 5.74) is 1.18. The molecule has 2 aromatic carbocycles. The van der Waals surface area contributed by atoms with Crippen LogP contribution < -0.4 is 4.74 Å². The lowest BCUT2D eigenvalue weighted by molar-refractivity contribution is -0.143. The van der Waals surface area contributed by atoms with Crippen molar-refractivity contribution in [1.29, 1.82) is 0 Å². The molecule has 146 valence electrons. The molecule has 1 fully saturated rings. The van der Waals surface area contributed by atoms with Crippen LogP contribution in [0.2, 0.25) is 0 Å². The number of benzene rings is 2. The van der Waals surface area contributed by atoms with Crippen molar-refractivity contribution in [3.8, 4) is 5.75 Å². The second-order valence-corrected chi connectivity index (χ2v) is 8.38. The van der Waals surface area contributed by atoms with Gasteiger partial charge in [0.15, 0.2) is 0 Å². The fourth-order valence-electron chi connectivity index (χ4n) is 4.05. The Balaban J connectivity index is 1.72. The topological polar surface area (TPSA) is 49.8 Å². The van der Waals surface area contributed by atoms with Crippen LogP contribution >= 0.6 is 11.3 Å². The second kappa shape index (κ2) is 8.33. The zero-order valence-electron chi connectivity index (χ0n) is 16.0. The monoisotopic (exact) mass is 395 g/mol. The van der Waals surface area contributed by atoms with Gasteiger partial charge in [0, 0.05) is 16.1 Å². The second-order valence-electron chi connectivity index (χ2n) is 7.26. The Morgan fingerprint density at radius 1 is 1.25 bits per heavy atom. The number of likely N-dealkylation sites (tertiary alicyclic amines) is 1. The van der Waals surface area contributed by atoms with Gasteiger partial charge in [-0.3, -0.25) is 9.69 Å². The minimum absolute atomic E-state index is 0.0650. The summed E-state index contributed by atoms with van der Waals surface area (Å²) in [6.45, 7) is 4.12. The van der Waals surface area contributed by atoms with E-state index in [2.05, 4.69) is 47.4 Å². The molecule has 2 atom stereocenters. The maximum atomic E-state index is 11.6. The molecule has 0 amide bonds. The Hall–Kier alpha value is -2.37. The van der Waals surface area contributed by atoms with Crippen LogP contribution in [0, 0.1) is 5.92 Å². The minimum Gasteiger partial charge on any atom is -0.494 e. The maximum Gasteiger partial charge on any atom is 0.307 e. The van der Waals surface area contributed by atoms with Crippen molar-refractivity contribution in [3.63, 3.8) is 0 Å². The Kier molecular flexibility index (Phi) is 5.64. The third kappa shape index (κ3) is 3.91. The number of carboxylic acids is 1. The van der Waals surface area contributed by atoms with Gasteiger partial charge in [0.05, 0.1) is 18.6 Å². The third-order valence-electron chi connectivity index (χ3n) is 5.39. The molecule has 4 nitrogen and oxygen atoms in total. The summed E-state index contributed by atoms with van der Waals surface area (Å²) < 4.78 is 6.86. The van der Waals surface area contributed by atoms with E-state index in [0.29, 0.717) is 13.2 Å². The van der Waals surface area contributed by atoms with Crippen molar-refractivity contribution in [2.45, 2.75) is 25.8 Å². The van der Waals surface area contributed by atoms with Gasteiger partial charge in [-0.2, -0.15) is 0 Å². The van der Waals surface area contributed by atoms with Gasteiger partial charge < -0.3 is 9.84 Å². The highest BCUT2D eigenvalue weighted by Crippen LogP contribution is 2.39. The lowest BCUT2D eigenvalue weighted by Crippen LogP contribution is -2.41. The van der Waals surface area contributed by atoms with Gasteiger partial charge in [-0.15, -0.1) is 11.3 Å². The van der Waals surface area contributed by atoms with E-state index in [4.69, 9.17) is 4.74 Å². The third-order valence-corrected chi connectivity index (χ3v) is 6.56. The van der Waals surface area contributed by atoms with E-state index in [1.807, 2.05) is 19.1 Å². The number of ether oxygens (including phenoxy) is 1. The summed E-state index contributed by atoms with van der Waals surface area (Å²) in [5, 5.41) is 10.8. The van der Waals surface area contributed by atoms with Crippen molar-refractivity contribution in [3.05, 3.63) is 65.0 Å². The maximum absolute atomic E-state index is 11.6. The Morgan fingerprint density at radius 2 is 2.04 bits per heavy atom. The first-order valence-electron chi connectivity index (χ1n) is 9.84. The largest absolute Gasteiger partial charge is 0.494 e. The first-order valence-corrected chi connectivity index (χ1v) is 10.7. The SMILES string of the molecule is CCOc1ccc(C(c2cc3ccccc3s2)N2CCCC(C(=O)O)C2)cc1. The van der Waals surface area contributed by atoms with E-state index >= 15 is 0 Å². The molecule has 0 spiro atoms. The quantitative estimate of drug-likeness (QED) is 0.624. The van der Waals surface area contributed by atoms with E-state index in [0.717, 1.165) is 25.1 Å². The number of carboxylic acid groups (broad SMARTS) is 1. The van der Waals surface area contributed by atoms with Crippen molar-refractivity contribution < 1.29 is 14.6 Å². The van der Waals surface area contributed by atoms with Crippen LogP contribution in [-0.2, 0) is 4.79 Å². The number of hydrogen-bond donors (Lipinski definition) is 1. The molecule has 1 aliphatic heterocycles. The zero-order valence-corrected chi connectivity index (χ0v) is 16.8. The number of nitrogens with zero attached hydrogens (tertiary/aromatic N) is 1. The summed E-state index contributed by atoms with van der Waals surface area (Å²) in [6.07, 6.45) is 1.67. The van der Waals surface area contributed by atoms with Crippen LogP contribution in [0.15, 0.2) is 54.6 Å². The molecular weight excluding hydrogens is 370 g/mol. The van der Waals surface area contributed by atoms with Crippen molar-refractivity contribution in [2.24, 2.45) is 5.92 Å². The van der Waals surface area contributed by atoms with Gasteiger partial charge in [0.2, 0.25) is 0 Å². The van der Waals surface area contributed by atoms with Gasteiger partial charge in [-0.25, -0.2) is 0 Å². The van der Waals surface area contributed by atoms with Crippen molar-refractivity contribution in [2.75, 3.05) is 19.7 Å². The molecule has 28 heavy (non-hydrogen) atoms. The number of thiophene rings is 1. The summed E-state index contributed by atoms with van der Waals surface area (Å²) in [4.78, 5) is 15.2. The van der Waals surface area contributed by atoms with Gasteiger partial charge in [0.1, 0.15) is 5.75 Å². The van der Waals surface area contributed by atoms with Crippen LogP contribution in [0.25, 0.3) is 10.1 Å².